The lowest BCUT2D eigenvalue weighted by atomic mass is 9.98. The molecule has 0 aliphatic carbocycles. The van der Waals surface area contributed by atoms with E-state index >= 15 is 0 Å². The molecule has 1 amide bonds. The van der Waals surface area contributed by atoms with Crippen LogP contribution in [0, 0.1) is 0 Å². The zero-order chi connectivity index (χ0) is 19.8. The van der Waals surface area contributed by atoms with Gasteiger partial charge in [0.2, 0.25) is 0 Å². The fraction of sp³-hybridized carbons (Fsp3) is 0.120. The highest BCUT2D eigenvalue weighted by atomic mass is 35.5. The molecule has 1 aliphatic heterocycles. The van der Waals surface area contributed by atoms with Gasteiger partial charge < -0.3 is 4.90 Å². The minimum absolute atomic E-state index is 0.0494. The fourth-order valence-electron chi connectivity index (χ4n) is 3.96. The van der Waals surface area contributed by atoms with Crippen LogP contribution in [0.1, 0.15) is 21.5 Å². The molecule has 0 radical (unpaired) electrons. The van der Waals surface area contributed by atoms with Crippen LogP contribution in [0.4, 0.5) is 0 Å². The first-order chi connectivity index (χ1) is 14.2. The monoisotopic (exact) mass is 398 g/mol. The maximum Gasteiger partial charge on any atom is 0.254 e. The molecule has 2 heterocycles. The summed E-state index contributed by atoms with van der Waals surface area (Å²) in [5.41, 5.74) is 5.79. The van der Waals surface area contributed by atoms with E-state index in [9.17, 15) is 4.79 Å². The Morgan fingerprint density at radius 3 is 2.45 bits per heavy atom. The number of hydrogen-bond donors (Lipinski definition) is 0. The SMILES string of the molecule is O=C(c1cc(-c2ccc(Cl)cc2)nc2ccccc12)N1CCc2ccccc2C1. The summed E-state index contributed by atoms with van der Waals surface area (Å²) < 4.78 is 0. The van der Waals surface area contributed by atoms with Gasteiger partial charge in [-0.2, -0.15) is 0 Å². The van der Waals surface area contributed by atoms with Crippen LogP contribution in [0.3, 0.4) is 0 Å². The van der Waals surface area contributed by atoms with Crippen LogP contribution in [-0.2, 0) is 13.0 Å². The second-order valence-corrected chi connectivity index (χ2v) is 7.76. The van der Waals surface area contributed by atoms with E-state index in [0.717, 1.165) is 35.1 Å². The Morgan fingerprint density at radius 1 is 0.897 bits per heavy atom. The molecule has 3 nitrogen and oxygen atoms in total. The Hall–Kier alpha value is -3.17. The largest absolute Gasteiger partial charge is 0.334 e. The van der Waals surface area contributed by atoms with Gasteiger partial charge in [0.25, 0.3) is 5.91 Å². The van der Waals surface area contributed by atoms with Crippen molar-refractivity contribution in [3.05, 3.63) is 101 Å². The molecule has 0 fully saturated rings. The van der Waals surface area contributed by atoms with Gasteiger partial charge in [-0.3, -0.25) is 4.79 Å². The van der Waals surface area contributed by atoms with Gasteiger partial charge in [0.05, 0.1) is 16.8 Å². The molecule has 3 aromatic carbocycles. The first-order valence-electron chi connectivity index (χ1n) is 9.71. The highest BCUT2D eigenvalue weighted by Crippen LogP contribution is 2.28. The number of benzene rings is 3. The number of amides is 1. The van der Waals surface area contributed by atoms with Crippen molar-refractivity contribution in [1.29, 1.82) is 0 Å². The molecule has 0 saturated heterocycles. The van der Waals surface area contributed by atoms with Gasteiger partial charge in [-0.05, 0) is 41.8 Å². The number of carbonyl (C=O) groups is 1. The van der Waals surface area contributed by atoms with E-state index < -0.39 is 0 Å². The molecule has 142 valence electrons. The number of pyridine rings is 1. The van der Waals surface area contributed by atoms with Gasteiger partial charge in [-0.1, -0.05) is 66.2 Å². The predicted molar refractivity (Wildman–Crippen MR) is 117 cm³/mol. The third-order valence-corrected chi connectivity index (χ3v) is 5.76. The summed E-state index contributed by atoms with van der Waals surface area (Å²) in [5, 5.41) is 1.56. The summed E-state index contributed by atoms with van der Waals surface area (Å²) in [6, 6.07) is 25.7. The van der Waals surface area contributed by atoms with Crippen molar-refractivity contribution >= 4 is 28.4 Å². The standard InChI is InChI=1S/C25H19ClN2O/c26-20-11-9-18(10-12-20)24-15-22(21-7-3-4-8-23(21)27-24)25(29)28-14-13-17-5-1-2-6-19(17)16-28/h1-12,15H,13-14,16H2. The Kier molecular flexibility index (Phi) is 4.53. The van der Waals surface area contributed by atoms with Gasteiger partial charge in [0.1, 0.15) is 0 Å². The first-order valence-corrected chi connectivity index (χ1v) is 10.1. The third kappa shape index (κ3) is 3.39. The van der Waals surface area contributed by atoms with Crippen LogP contribution >= 0.6 is 11.6 Å². The number of nitrogens with zero attached hydrogens (tertiary/aromatic N) is 2. The van der Waals surface area contributed by atoms with Gasteiger partial charge >= 0.3 is 0 Å². The molecule has 1 aromatic heterocycles. The number of fused-ring (bicyclic) bond motifs is 2. The van der Waals surface area contributed by atoms with Crippen molar-refractivity contribution in [2.75, 3.05) is 6.54 Å². The molecule has 29 heavy (non-hydrogen) atoms. The number of halogens is 1. The summed E-state index contributed by atoms with van der Waals surface area (Å²) in [4.78, 5) is 20.3. The lowest BCUT2D eigenvalue weighted by Gasteiger charge is -2.29. The lowest BCUT2D eigenvalue weighted by molar-refractivity contribution is 0.0736. The molecule has 0 spiro atoms. The van der Waals surface area contributed by atoms with Crippen molar-refractivity contribution in [2.24, 2.45) is 0 Å². The van der Waals surface area contributed by atoms with Gasteiger partial charge in [-0.25, -0.2) is 4.98 Å². The summed E-state index contributed by atoms with van der Waals surface area (Å²) in [6.07, 6.45) is 0.884. The van der Waals surface area contributed by atoms with Crippen LogP contribution in [0.5, 0.6) is 0 Å². The van der Waals surface area contributed by atoms with Crippen LogP contribution in [-0.4, -0.2) is 22.3 Å². The van der Waals surface area contributed by atoms with E-state index in [1.165, 1.54) is 11.1 Å². The van der Waals surface area contributed by atoms with Crippen molar-refractivity contribution in [3.8, 4) is 11.3 Å². The summed E-state index contributed by atoms with van der Waals surface area (Å²) in [7, 11) is 0. The topological polar surface area (TPSA) is 33.2 Å². The van der Waals surface area contributed by atoms with Crippen molar-refractivity contribution in [3.63, 3.8) is 0 Å². The molecule has 0 N–H and O–H groups in total. The van der Waals surface area contributed by atoms with Gasteiger partial charge in [0, 0.05) is 29.1 Å². The Balaban J connectivity index is 1.58. The van der Waals surface area contributed by atoms with Gasteiger partial charge in [-0.15, -0.1) is 0 Å². The van der Waals surface area contributed by atoms with E-state index in [0.29, 0.717) is 17.1 Å². The Labute approximate surface area is 174 Å². The Bertz CT molecular complexity index is 1220. The maximum absolute atomic E-state index is 13.5. The summed E-state index contributed by atoms with van der Waals surface area (Å²) >= 11 is 6.04. The molecule has 0 saturated carbocycles. The lowest BCUT2D eigenvalue weighted by Crippen LogP contribution is -2.36. The number of carbonyl (C=O) groups excluding carboxylic acids is 1. The fourth-order valence-corrected chi connectivity index (χ4v) is 4.09. The molecule has 0 unspecified atom stereocenters. The van der Waals surface area contributed by atoms with Crippen molar-refractivity contribution in [1.82, 2.24) is 9.88 Å². The summed E-state index contributed by atoms with van der Waals surface area (Å²) in [5.74, 6) is 0.0494. The number of para-hydroxylation sites is 1. The molecule has 0 bridgehead atoms. The molecular formula is C25H19ClN2O. The quantitative estimate of drug-likeness (QED) is 0.430. The van der Waals surface area contributed by atoms with Crippen molar-refractivity contribution in [2.45, 2.75) is 13.0 Å². The number of aromatic nitrogens is 1. The minimum atomic E-state index is 0.0494. The molecule has 5 rings (SSSR count). The second-order valence-electron chi connectivity index (χ2n) is 7.32. The van der Waals surface area contributed by atoms with Crippen molar-refractivity contribution < 1.29 is 4.79 Å². The second kappa shape index (κ2) is 7.34. The third-order valence-electron chi connectivity index (χ3n) is 5.50. The molecule has 4 aromatic rings. The Morgan fingerprint density at radius 2 is 1.62 bits per heavy atom. The average Bonchev–Trinajstić information content (AvgIpc) is 2.78. The zero-order valence-electron chi connectivity index (χ0n) is 15.8. The molecule has 0 atom stereocenters. The zero-order valence-corrected chi connectivity index (χ0v) is 16.6. The summed E-state index contributed by atoms with van der Waals surface area (Å²) in [6.45, 7) is 1.37. The van der Waals surface area contributed by atoms with Crippen LogP contribution in [0.25, 0.3) is 22.2 Å². The minimum Gasteiger partial charge on any atom is -0.334 e. The van der Waals surface area contributed by atoms with Crippen LogP contribution in [0.2, 0.25) is 5.02 Å². The molecule has 1 aliphatic rings. The number of hydrogen-bond acceptors (Lipinski definition) is 2. The first kappa shape index (κ1) is 17.9. The average molecular weight is 399 g/mol. The van der Waals surface area contributed by atoms with E-state index in [-0.39, 0.29) is 5.91 Å². The smallest absolute Gasteiger partial charge is 0.254 e. The highest BCUT2D eigenvalue weighted by Gasteiger charge is 2.23. The molecular weight excluding hydrogens is 380 g/mol. The van der Waals surface area contributed by atoms with E-state index in [1.807, 2.05) is 65.6 Å². The number of rotatable bonds is 2. The maximum atomic E-state index is 13.5. The van der Waals surface area contributed by atoms with Crippen LogP contribution < -0.4 is 0 Å². The molecule has 4 heteroatoms. The highest BCUT2D eigenvalue weighted by molar-refractivity contribution is 6.30. The normalized spacial score (nSPS) is 13.3. The van der Waals surface area contributed by atoms with E-state index in [2.05, 4.69) is 18.2 Å². The van der Waals surface area contributed by atoms with E-state index in [4.69, 9.17) is 16.6 Å². The van der Waals surface area contributed by atoms with Crippen LogP contribution in [0.15, 0.2) is 78.9 Å². The van der Waals surface area contributed by atoms with E-state index in [1.54, 1.807) is 0 Å². The van der Waals surface area contributed by atoms with Gasteiger partial charge in [0.15, 0.2) is 0 Å². The predicted octanol–water partition coefficient (Wildman–Crippen LogP) is 5.75.